The number of carbonyl (C=O) groups is 1. The predicted octanol–water partition coefficient (Wildman–Crippen LogP) is 4.14. The molecular weight excluding hydrogens is 411 g/mol. The van der Waals surface area contributed by atoms with Crippen LogP contribution in [0.1, 0.15) is 18.4 Å². The summed E-state index contributed by atoms with van der Waals surface area (Å²) in [7, 11) is 1.17. The highest BCUT2D eigenvalue weighted by molar-refractivity contribution is 9.10. The Labute approximate surface area is 158 Å². The molecule has 2 rings (SSSR count). The molecule has 1 amide bonds. The third-order valence-corrected chi connectivity index (χ3v) is 4.53. The molecule has 26 heavy (non-hydrogen) atoms. The Morgan fingerprint density at radius 1 is 1.38 bits per heavy atom. The molecule has 0 aromatic heterocycles. The second-order valence-corrected chi connectivity index (χ2v) is 6.84. The number of benzene rings is 1. The first kappa shape index (κ1) is 20.2. The van der Waals surface area contributed by atoms with E-state index in [1.165, 1.54) is 11.9 Å². The van der Waals surface area contributed by atoms with Gasteiger partial charge in [0.2, 0.25) is 5.95 Å². The van der Waals surface area contributed by atoms with Gasteiger partial charge in [-0.1, -0.05) is 34.6 Å². The highest BCUT2D eigenvalue weighted by Crippen LogP contribution is 2.31. The van der Waals surface area contributed by atoms with Crippen molar-refractivity contribution in [1.29, 1.82) is 5.41 Å². The van der Waals surface area contributed by atoms with Crippen molar-refractivity contribution in [1.82, 2.24) is 10.2 Å². The van der Waals surface area contributed by atoms with Crippen LogP contribution in [0.3, 0.4) is 0 Å². The van der Waals surface area contributed by atoms with Crippen molar-refractivity contribution in [2.75, 3.05) is 13.6 Å². The van der Waals surface area contributed by atoms with Crippen LogP contribution in [0.2, 0.25) is 0 Å². The van der Waals surface area contributed by atoms with Gasteiger partial charge in [-0.3, -0.25) is 10.2 Å². The van der Waals surface area contributed by atoms with E-state index in [2.05, 4.69) is 27.8 Å². The molecule has 0 saturated heterocycles. The fourth-order valence-corrected chi connectivity index (χ4v) is 2.70. The smallest absolute Gasteiger partial charge is 0.280 e. The molecule has 1 aliphatic carbocycles. The Morgan fingerprint density at radius 3 is 2.42 bits per heavy atom. The van der Waals surface area contributed by atoms with Gasteiger partial charge in [0.15, 0.2) is 0 Å². The Bertz CT molecular complexity index is 743. The molecule has 2 N–H and O–H groups in total. The molecule has 0 atom stereocenters. The monoisotopic (exact) mass is 429 g/mol. The number of hydrogen-bond acceptors (Lipinski definition) is 3. The van der Waals surface area contributed by atoms with Crippen molar-refractivity contribution in [3.63, 3.8) is 0 Å². The van der Waals surface area contributed by atoms with E-state index in [1.807, 2.05) is 24.3 Å². The zero-order valence-corrected chi connectivity index (χ0v) is 15.7. The molecule has 1 aromatic rings. The topological polar surface area (TPSA) is 56.2 Å². The predicted molar refractivity (Wildman–Crippen MR) is 98.8 cm³/mol. The van der Waals surface area contributed by atoms with E-state index >= 15 is 0 Å². The van der Waals surface area contributed by atoms with Crippen LogP contribution in [0.15, 0.2) is 46.8 Å². The van der Waals surface area contributed by atoms with Crippen LogP contribution in [0.5, 0.6) is 0 Å². The van der Waals surface area contributed by atoms with Crippen LogP contribution in [0, 0.1) is 5.41 Å². The lowest BCUT2D eigenvalue weighted by atomic mass is 10.1. The normalized spacial score (nSPS) is 14.7. The number of amides is 1. The van der Waals surface area contributed by atoms with Crippen LogP contribution in [-0.4, -0.2) is 42.6 Å². The van der Waals surface area contributed by atoms with E-state index < -0.39 is 29.6 Å². The zero-order chi connectivity index (χ0) is 19.4. The maximum atomic E-state index is 14.0. The summed E-state index contributed by atoms with van der Waals surface area (Å²) in [6.45, 7) is 4.03. The lowest BCUT2D eigenvalue weighted by molar-refractivity contribution is -0.126. The van der Waals surface area contributed by atoms with Crippen molar-refractivity contribution in [3.8, 4) is 0 Å². The number of nitrogens with zero attached hydrogens (tertiary/aromatic N) is 1. The molecule has 1 saturated carbocycles. The van der Waals surface area contributed by atoms with Crippen molar-refractivity contribution >= 4 is 33.1 Å². The van der Waals surface area contributed by atoms with Gasteiger partial charge in [-0.15, -0.1) is 0 Å². The lowest BCUT2D eigenvalue weighted by Gasteiger charge is -2.25. The fourth-order valence-electron chi connectivity index (χ4n) is 2.44. The molecule has 0 aliphatic heterocycles. The molecule has 0 unspecified atom stereocenters. The summed E-state index contributed by atoms with van der Waals surface area (Å²) >= 11 is 3.33. The van der Waals surface area contributed by atoms with Gasteiger partial charge in [-0.25, -0.2) is 8.78 Å². The number of carbonyl (C=O) groups excluding carboxylic acids is 1. The van der Waals surface area contributed by atoms with Gasteiger partial charge in [-0.2, -0.15) is 4.39 Å². The van der Waals surface area contributed by atoms with E-state index in [-0.39, 0.29) is 12.6 Å². The number of hydrogen-bond donors (Lipinski definition) is 2. The summed E-state index contributed by atoms with van der Waals surface area (Å²) in [5, 5.41) is 9.48. The van der Waals surface area contributed by atoms with E-state index in [0.717, 1.165) is 10.0 Å². The Balaban J connectivity index is 2.27. The van der Waals surface area contributed by atoms with E-state index in [9.17, 15) is 18.0 Å². The molecule has 140 valence electrons. The number of nitrogens with one attached hydrogen (secondary N) is 2. The van der Waals surface area contributed by atoms with Gasteiger partial charge >= 0.3 is 0 Å². The molecule has 0 bridgehead atoms. The quantitative estimate of drug-likeness (QED) is 0.370. The minimum Gasteiger partial charge on any atom is -0.364 e. The van der Waals surface area contributed by atoms with E-state index in [0.29, 0.717) is 18.4 Å². The van der Waals surface area contributed by atoms with Gasteiger partial charge in [0.25, 0.3) is 12.3 Å². The Kier molecular flexibility index (Phi) is 6.63. The average Bonchev–Trinajstić information content (AvgIpc) is 3.44. The average molecular weight is 430 g/mol. The summed E-state index contributed by atoms with van der Waals surface area (Å²) in [4.78, 5) is 14.1. The highest BCUT2D eigenvalue weighted by Gasteiger charge is 2.38. The third kappa shape index (κ3) is 4.75. The van der Waals surface area contributed by atoms with Gasteiger partial charge in [0, 0.05) is 24.1 Å². The molecule has 1 fully saturated rings. The van der Waals surface area contributed by atoms with Crippen molar-refractivity contribution in [2.45, 2.75) is 25.3 Å². The minimum atomic E-state index is -3.25. The summed E-state index contributed by atoms with van der Waals surface area (Å²) in [5.41, 5.74) is -0.875. The van der Waals surface area contributed by atoms with Crippen LogP contribution in [-0.2, 0) is 4.79 Å². The number of alkyl halides is 2. The van der Waals surface area contributed by atoms with Crippen molar-refractivity contribution in [2.24, 2.45) is 0 Å². The summed E-state index contributed by atoms with van der Waals surface area (Å²) in [6.07, 6.45) is -1.84. The number of halogens is 4. The van der Waals surface area contributed by atoms with E-state index in [1.54, 1.807) is 0 Å². The van der Waals surface area contributed by atoms with Crippen LogP contribution < -0.4 is 5.32 Å². The molecule has 4 nitrogen and oxygen atoms in total. The Hall–Kier alpha value is -2.09. The molecule has 1 aliphatic rings. The van der Waals surface area contributed by atoms with Gasteiger partial charge in [-0.05, 0) is 36.1 Å². The first-order valence-electron chi connectivity index (χ1n) is 7.95. The third-order valence-electron chi connectivity index (χ3n) is 4.00. The number of rotatable bonds is 8. The van der Waals surface area contributed by atoms with Crippen LogP contribution in [0.4, 0.5) is 13.2 Å². The second-order valence-electron chi connectivity index (χ2n) is 5.93. The van der Waals surface area contributed by atoms with Gasteiger partial charge in [0.05, 0.1) is 0 Å². The molecule has 0 radical (unpaired) electrons. The standard InChI is InChI=1S/C18H19BrF3N3O/c1-10(11-3-5-12(19)6-4-11)9-25(13-7-8-13)18(26)14(17(22)24-2)15(23)16(20)21/h3-6,13,16,23-24H,1,7-9H2,2H3/b17-14+,23-15?. The Morgan fingerprint density at radius 2 is 1.96 bits per heavy atom. The maximum absolute atomic E-state index is 14.0. The summed E-state index contributed by atoms with van der Waals surface area (Å²) < 4.78 is 40.8. The van der Waals surface area contributed by atoms with Crippen LogP contribution >= 0.6 is 15.9 Å². The highest BCUT2D eigenvalue weighted by atomic mass is 79.9. The maximum Gasteiger partial charge on any atom is 0.280 e. The SMILES string of the molecule is C=C(CN(C(=O)/C(C(=N)C(F)F)=C(\F)NC)C1CC1)c1ccc(Br)cc1. The summed E-state index contributed by atoms with van der Waals surface area (Å²) in [5.74, 6) is -2.16. The lowest BCUT2D eigenvalue weighted by Crippen LogP contribution is -2.39. The fraction of sp³-hybridized carbons (Fsp3) is 0.333. The van der Waals surface area contributed by atoms with Gasteiger partial charge < -0.3 is 10.2 Å². The zero-order valence-electron chi connectivity index (χ0n) is 14.2. The minimum absolute atomic E-state index is 0.0716. The first-order chi connectivity index (χ1) is 12.3. The molecule has 8 heteroatoms. The van der Waals surface area contributed by atoms with E-state index in [4.69, 9.17) is 5.41 Å². The summed E-state index contributed by atoms with van der Waals surface area (Å²) in [6, 6.07) is 7.10. The largest absolute Gasteiger partial charge is 0.364 e. The van der Waals surface area contributed by atoms with Gasteiger partial charge in [0.1, 0.15) is 11.3 Å². The van der Waals surface area contributed by atoms with Crippen LogP contribution in [0.25, 0.3) is 5.57 Å². The van der Waals surface area contributed by atoms with Crippen molar-refractivity contribution in [3.05, 3.63) is 52.4 Å². The first-order valence-corrected chi connectivity index (χ1v) is 8.74. The molecular formula is C18H19BrF3N3O. The van der Waals surface area contributed by atoms with Crippen molar-refractivity contribution < 1.29 is 18.0 Å². The molecule has 0 heterocycles. The second kappa shape index (κ2) is 8.53. The molecule has 1 aromatic carbocycles. The molecule has 0 spiro atoms.